The highest BCUT2D eigenvalue weighted by molar-refractivity contribution is 6.04. The van der Waals surface area contributed by atoms with Gasteiger partial charge in [0.25, 0.3) is 5.91 Å². The van der Waals surface area contributed by atoms with Crippen molar-refractivity contribution in [1.29, 1.82) is 0 Å². The fourth-order valence-corrected chi connectivity index (χ4v) is 2.49. The second-order valence-electron chi connectivity index (χ2n) is 5.07. The molecule has 0 spiro atoms. The van der Waals surface area contributed by atoms with Crippen molar-refractivity contribution in [3.8, 4) is 5.75 Å². The summed E-state index contributed by atoms with van der Waals surface area (Å²) >= 11 is 0. The molecule has 0 unspecified atom stereocenters. The van der Waals surface area contributed by atoms with Crippen molar-refractivity contribution >= 4 is 22.9 Å². The highest BCUT2D eigenvalue weighted by atomic mass is 16.6. The zero-order valence-corrected chi connectivity index (χ0v) is 13.0. The van der Waals surface area contributed by atoms with Gasteiger partial charge in [0, 0.05) is 18.0 Å². The van der Waals surface area contributed by atoms with Gasteiger partial charge in [-0.05, 0) is 31.2 Å². The molecular weight excluding hydrogens is 312 g/mol. The number of ether oxygens (including phenoxy) is 1. The van der Waals surface area contributed by atoms with Crippen LogP contribution in [0.4, 0.5) is 11.4 Å². The number of carbonyl (C=O) groups is 1. The van der Waals surface area contributed by atoms with E-state index in [0.29, 0.717) is 22.7 Å². The average molecular weight is 326 g/mol. The molecule has 3 aromatic rings. The molecule has 0 radical (unpaired) electrons. The minimum absolute atomic E-state index is 0.129. The lowest BCUT2D eigenvalue weighted by Crippen LogP contribution is -2.15. The minimum Gasteiger partial charge on any atom is -0.490 e. The second-order valence-corrected chi connectivity index (χ2v) is 5.07. The molecule has 122 valence electrons. The van der Waals surface area contributed by atoms with Gasteiger partial charge in [-0.25, -0.2) is 4.98 Å². The number of aryl methyl sites for hydroxylation is 1. The van der Waals surface area contributed by atoms with E-state index >= 15 is 0 Å². The molecule has 0 aliphatic carbocycles. The first-order chi connectivity index (χ1) is 11.5. The van der Waals surface area contributed by atoms with Crippen molar-refractivity contribution in [2.75, 3.05) is 12.4 Å². The third-order valence-electron chi connectivity index (χ3n) is 3.55. The summed E-state index contributed by atoms with van der Waals surface area (Å²) in [7, 11) is 1.35. The molecule has 2 heterocycles. The molecule has 0 bridgehead atoms. The van der Waals surface area contributed by atoms with Gasteiger partial charge in [0.2, 0.25) is 0 Å². The van der Waals surface area contributed by atoms with Crippen molar-refractivity contribution in [2.24, 2.45) is 0 Å². The number of carbonyl (C=O) groups excluding carboxylic acids is 1. The maximum absolute atomic E-state index is 12.6. The summed E-state index contributed by atoms with van der Waals surface area (Å²) in [5.41, 5.74) is 1.69. The molecule has 0 fully saturated rings. The molecule has 2 aromatic heterocycles. The van der Waals surface area contributed by atoms with Gasteiger partial charge < -0.3 is 10.1 Å². The third-order valence-corrected chi connectivity index (χ3v) is 3.55. The Kier molecular flexibility index (Phi) is 3.87. The first-order valence-electron chi connectivity index (χ1n) is 7.08. The average Bonchev–Trinajstić information content (AvgIpc) is 2.90. The maximum atomic E-state index is 12.6. The quantitative estimate of drug-likeness (QED) is 0.587. The summed E-state index contributed by atoms with van der Waals surface area (Å²) in [4.78, 5) is 27.4. The molecule has 1 aromatic carbocycles. The standard InChI is InChI=1S/C16H14N4O4/c1-10-15(19-8-4-3-5-14(19)17-10)16(21)18-11-6-7-13(24-2)12(9-11)20(22)23/h3-9H,1-2H3,(H,18,21). The molecule has 0 aliphatic heterocycles. The summed E-state index contributed by atoms with van der Waals surface area (Å²) in [5, 5.41) is 13.7. The van der Waals surface area contributed by atoms with E-state index in [1.165, 1.54) is 19.2 Å². The van der Waals surface area contributed by atoms with Crippen molar-refractivity contribution in [3.05, 3.63) is 64.1 Å². The van der Waals surface area contributed by atoms with Crippen molar-refractivity contribution < 1.29 is 14.5 Å². The van der Waals surface area contributed by atoms with Gasteiger partial charge in [-0.15, -0.1) is 0 Å². The first kappa shape index (κ1) is 15.5. The number of amides is 1. The van der Waals surface area contributed by atoms with Crippen LogP contribution in [-0.4, -0.2) is 27.3 Å². The number of aromatic nitrogens is 2. The lowest BCUT2D eigenvalue weighted by atomic mass is 10.2. The van der Waals surface area contributed by atoms with Gasteiger partial charge in [0.05, 0.1) is 17.7 Å². The van der Waals surface area contributed by atoms with Crippen molar-refractivity contribution in [1.82, 2.24) is 9.38 Å². The summed E-state index contributed by atoms with van der Waals surface area (Å²) in [6.07, 6.45) is 1.74. The fourth-order valence-electron chi connectivity index (χ4n) is 2.49. The van der Waals surface area contributed by atoms with Gasteiger partial charge >= 0.3 is 5.69 Å². The van der Waals surface area contributed by atoms with Gasteiger partial charge in [0.15, 0.2) is 5.75 Å². The molecule has 24 heavy (non-hydrogen) atoms. The van der Waals surface area contributed by atoms with E-state index < -0.39 is 10.8 Å². The SMILES string of the molecule is COc1ccc(NC(=O)c2c(C)nc3ccccn23)cc1[N+](=O)[O-]. The van der Waals surface area contributed by atoms with Crippen LogP contribution in [0.1, 0.15) is 16.2 Å². The predicted octanol–water partition coefficient (Wildman–Crippen LogP) is 2.81. The monoisotopic (exact) mass is 326 g/mol. The van der Waals surface area contributed by atoms with Crippen LogP contribution in [0.5, 0.6) is 5.75 Å². The van der Waals surface area contributed by atoms with Crippen molar-refractivity contribution in [3.63, 3.8) is 0 Å². The number of benzene rings is 1. The normalized spacial score (nSPS) is 10.6. The fraction of sp³-hybridized carbons (Fsp3) is 0.125. The molecule has 0 saturated heterocycles. The number of nitro benzene ring substituents is 1. The molecule has 1 N–H and O–H groups in total. The Bertz CT molecular complexity index is 948. The van der Waals surface area contributed by atoms with Gasteiger partial charge in [0.1, 0.15) is 11.3 Å². The summed E-state index contributed by atoms with van der Waals surface area (Å²) in [5.74, 6) is -0.269. The number of imidazole rings is 1. The number of anilines is 1. The van der Waals surface area contributed by atoms with Gasteiger partial charge in [-0.1, -0.05) is 6.07 Å². The largest absolute Gasteiger partial charge is 0.490 e. The van der Waals surface area contributed by atoms with Crippen LogP contribution in [0.15, 0.2) is 42.6 Å². The van der Waals surface area contributed by atoms with E-state index in [0.717, 1.165) is 0 Å². The van der Waals surface area contributed by atoms with Crippen LogP contribution in [0.3, 0.4) is 0 Å². The van der Waals surface area contributed by atoms with Crippen LogP contribution < -0.4 is 10.1 Å². The van der Waals surface area contributed by atoms with Crippen LogP contribution >= 0.6 is 0 Å². The predicted molar refractivity (Wildman–Crippen MR) is 87.5 cm³/mol. The smallest absolute Gasteiger partial charge is 0.312 e. The topological polar surface area (TPSA) is 98.8 Å². The Morgan fingerprint density at radius 1 is 1.33 bits per heavy atom. The number of hydrogen-bond donors (Lipinski definition) is 1. The number of hydrogen-bond acceptors (Lipinski definition) is 5. The molecule has 8 nitrogen and oxygen atoms in total. The summed E-state index contributed by atoms with van der Waals surface area (Å²) < 4.78 is 6.62. The van der Waals surface area contributed by atoms with E-state index in [1.54, 1.807) is 35.7 Å². The highest BCUT2D eigenvalue weighted by Gasteiger charge is 2.19. The van der Waals surface area contributed by atoms with Crippen LogP contribution in [0, 0.1) is 17.0 Å². The first-order valence-corrected chi connectivity index (χ1v) is 7.08. The molecule has 1 amide bonds. The van der Waals surface area contributed by atoms with Crippen LogP contribution in [-0.2, 0) is 0 Å². The lowest BCUT2D eigenvalue weighted by molar-refractivity contribution is -0.385. The van der Waals surface area contributed by atoms with Crippen LogP contribution in [0.25, 0.3) is 5.65 Å². The number of nitro groups is 1. The Hall–Kier alpha value is -3.42. The Morgan fingerprint density at radius 3 is 2.83 bits per heavy atom. The van der Waals surface area contributed by atoms with Gasteiger partial charge in [-0.2, -0.15) is 0 Å². The summed E-state index contributed by atoms with van der Waals surface area (Å²) in [6.45, 7) is 1.73. The van der Waals surface area contributed by atoms with E-state index in [-0.39, 0.29) is 11.4 Å². The van der Waals surface area contributed by atoms with E-state index in [1.807, 2.05) is 6.07 Å². The number of rotatable bonds is 4. The van der Waals surface area contributed by atoms with Gasteiger partial charge in [-0.3, -0.25) is 19.3 Å². The molecule has 0 aliphatic rings. The molecule has 8 heteroatoms. The number of fused-ring (bicyclic) bond motifs is 1. The Labute approximate surface area is 136 Å². The third kappa shape index (κ3) is 2.65. The maximum Gasteiger partial charge on any atom is 0.312 e. The number of nitrogens with one attached hydrogen (secondary N) is 1. The van der Waals surface area contributed by atoms with E-state index in [4.69, 9.17) is 4.74 Å². The van der Waals surface area contributed by atoms with Crippen molar-refractivity contribution in [2.45, 2.75) is 6.92 Å². The zero-order valence-electron chi connectivity index (χ0n) is 13.0. The number of methoxy groups -OCH3 is 1. The molecule has 0 saturated carbocycles. The number of nitrogens with zero attached hydrogens (tertiary/aromatic N) is 3. The zero-order chi connectivity index (χ0) is 17.3. The summed E-state index contributed by atoms with van der Waals surface area (Å²) in [6, 6.07) is 9.66. The number of pyridine rings is 1. The minimum atomic E-state index is -0.562. The Morgan fingerprint density at radius 2 is 2.12 bits per heavy atom. The van der Waals surface area contributed by atoms with E-state index in [2.05, 4.69) is 10.3 Å². The Balaban J connectivity index is 1.96. The highest BCUT2D eigenvalue weighted by Crippen LogP contribution is 2.30. The molecular formula is C16H14N4O4. The molecule has 0 atom stereocenters. The molecule has 3 rings (SSSR count). The second kappa shape index (κ2) is 5.99. The van der Waals surface area contributed by atoms with Crippen LogP contribution in [0.2, 0.25) is 0 Å². The van der Waals surface area contributed by atoms with E-state index in [9.17, 15) is 14.9 Å². The lowest BCUT2D eigenvalue weighted by Gasteiger charge is -2.07.